The normalized spacial score (nSPS) is 12.3. The summed E-state index contributed by atoms with van der Waals surface area (Å²) in [6.45, 7) is 2.28. The second kappa shape index (κ2) is 24.7. The van der Waals surface area contributed by atoms with Gasteiger partial charge in [0.25, 0.3) is 0 Å². The van der Waals surface area contributed by atoms with Gasteiger partial charge < -0.3 is 10.2 Å². The molecular weight excluding hydrogens is 372 g/mol. The lowest BCUT2D eigenvalue weighted by Crippen LogP contribution is -2.05. The minimum atomic E-state index is -0.683. The maximum absolute atomic E-state index is 10.4. The predicted octanol–water partition coefficient (Wildman–Crippen LogP) is 8.81. The van der Waals surface area contributed by atoms with Crippen LogP contribution in [0.25, 0.3) is 0 Å². The van der Waals surface area contributed by atoms with Crippen molar-refractivity contribution in [1.82, 2.24) is 0 Å². The van der Waals surface area contributed by atoms with E-state index in [0.717, 1.165) is 38.5 Å². The highest BCUT2D eigenvalue weighted by Gasteiger charge is 2.04. The molecule has 0 saturated carbocycles. The highest BCUT2D eigenvalue weighted by molar-refractivity contribution is 5.66. The molecule has 0 bridgehead atoms. The molecule has 0 saturated heterocycles. The summed E-state index contributed by atoms with van der Waals surface area (Å²) in [5, 5.41) is 18.7. The Labute approximate surface area is 188 Å². The van der Waals surface area contributed by atoms with Gasteiger partial charge in [0, 0.05) is 6.42 Å². The number of carboxylic acids is 1. The van der Waals surface area contributed by atoms with E-state index in [1.165, 1.54) is 109 Å². The van der Waals surface area contributed by atoms with Crippen LogP contribution in [0.1, 0.15) is 161 Å². The fourth-order valence-electron chi connectivity index (χ4n) is 4.26. The summed E-state index contributed by atoms with van der Waals surface area (Å²) in [5.74, 6) is -0.683. The van der Waals surface area contributed by atoms with Gasteiger partial charge in [-0.1, -0.05) is 135 Å². The van der Waals surface area contributed by atoms with Crippen molar-refractivity contribution in [3.05, 3.63) is 0 Å². The Kier molecular flexibility index (Phi) is 24.2. The first-order chi connectivity index (χ1) is 14.7. The summed E-state index contributed by atoms with van der Waals surface area (Å²) in [6, 6.07) is 0. The molecule has 0 spiro atoms. The molecule has 0 aliphatic carbocycles. The highest BCUT2D eigenvalue weighted by atomic mass is 16.4. The molecular formula is C27H54O3. The number of hydrogen-bond donors (Lipinski definition) is 2. The Balaban J connectivity index is 3.14. The SMILES string of the molecule is CCCCCCCCCCCCCCCCCC(O)CCCCCCCCC(=O)O. The minimum Gasteiger partial charge on any atom is -0.481 e. The van der Waals surface area contributed by atoms with Crippen LogP contribution in [0, 0.1) is 0 Å². The first kappa shape index (κ1) is 29.4. The van der Waals surface area contributed by atoms with Crippen LogP contribution in [0.15, 0.2) is 0 Å². The number of carboxylic acid groups (broad SMARTS) is 1. The third-order valence-corrected chi connectivity index (χ3v) is 6.32. The molecule has 30 heavy (non-hydrogen) atoms. The standard InChI is InChI=1S/C27H54O3/c1-2-3-4-5-6-7-8-9-10-11-12-13-14-17-20-23-26(28)24-21-18-15-16-19-22-25-27(29)30/h26,28H,2-25H2,1H3,(H,29,30). The second-order valence-corrected chi connectivity index (χ2v) is 9.45. The fourth-order valence-corrected chi connectivity index (χ4v) is 4.26. The van der Waals surface area contributed by atoms with E-state index in [-0.39, 0.29) is 6.10 Å². The molecule has 0 fully saturated rings. The summed E-state index contributed by atoms with van der Waals surface area (Å²) in [4.78, 5) is 10.4. The molecule has 0 aromatic heterocycles. The largest absolute Gasteiger partial charge is 0.481 e. The molecule has 0 aliphatic rings. The molecule has 1 unspecified atom stereocenters. The lowest BCUT2D eigenvalue weighted by Gasteiger charge is -2.10. The van der Waals surface area contributed by atoms with Crippen LogP contribution in [0.4, 0.5) is 0 Å². The van der Waals surface area contributed by atoms with Gasteiger partial charge in [-0.3, -0.25) is 4.79 Å². The van der Waals surface area contributed by atoms with Crippen LogP contribution in [-0.2, 0) is 4.79 Å². The number of aliphatic carboxylic acids is 1. The molecule has 0 aromatic carbocycles. The lowest BCUT2D eigenvalue weighted by molar-refractivity contribution is -0.137. The van der Waals surface area contributed by atoms with E-state index in [4.69, 9.17) is 5.11 Å². The second-order valence-electron chi connectivity index (χ2n) is 9.45. The zero-order chi connectivity index (χ0) is 22.1. The van der Waals surface area contributed by atoms with Crippen molar-refractivity contribution in [3.63, 3.8) is 0 Å². The molecule has 0 aromatic rings. The topological polar surface area (TPSA) is 57.5 Å². The summed E-state index contributed by atoms with van der Waals surface area (Å²) < 4.78 is 0. The van der Waals surface area contributed by atoms with Crippen LogP contribution in [0.2, 0.25) is 0 Å². The Morgan fingerprint density at radius 1 is 0.533 bits per heavy atom. The number of carbonyl (C=O) groups is 1. The van der Waals surface area contributed by atoms with Crippen molar-refractivity contribution in [2.24, 2.45) is 0 Å². The summed E-state index contributed by atoms with van der Waals surface area (Å²) in [5.41, 5.74) is 0. The first-order valence-electron chi connectivity index (χ1n) is 13.6. The van der Waals surface area contributed by atoms with Gasteiger partial charge in [-0.15, -0.1) is 0 Å². The predicted molar refractivity (Wildman–Crippen MR) is 130 cm³/mol. The fraction of sp³-hybridized carbons (Fsp3) is 0.963. The zero-order valence-corrected chi connectivity index (χ0v) is 20.4. The summed E-state index contributed by atoms with van der Waals surface area (Å²) >= 11 is 0. The van der Waals surface area contributed by atoms with Crippen molar-refractivity contribution in [2.45, 2.75) is 167 Å². The lowest BCUT2D eigenvalue weighted by atomic mass is 10.0. The number of hydrogen-bond acceptors (Lipinski definition) is 2. The average molecular weight is 427 g/mol. The highest BCUT2D eigenvalue weighted by Crippen LogP contribution is 2.16. The van der Waals surface area contributed by atoms with Gasteiger partial charge in [-0.2, -0.15) is 0 Å². The molecule has 3 heteroatoms. The van der Waals surface area contributed by atoms with E-state index < -0.39 is 5.97 Å². The van der Waals surface area contributed by atoms with Gasteiger partial charge in [-0.05, 0) is 19.3 Å². The first-order valence-corrected chi connectivity index (χ1v) is 13.6. The molecule has 0 aliphatic heterocycles. The summed E-state index contributed by atoms with van der Waals surface area (Å²) in [7, 11) is 0. The van der Waals surface area contributed by atoms with E-state index in [2.05, 4.69) is 6.92 Å². The number of unbranched alkanes of at least 4 members (excludes halogenated alkanes) is 19. The van der Waals surface area contributed by atoms with Gasteiger partial charge in [0.2, 0.25) is 0 Å². The van der Waals surface area contributed by atoms with E-state index in [1.807, 2.05) is 0 Å². The Morgan fingerprint density at radius 2 is 0.833 bits per heavy atom. The van der Waals surface area contributed by atoms with Gasteiger partial charge in [0.1, 0.15) is 0 Å². The Hall–Kier alpha value is -0.570. The van der Waals surface area contributed by atoms with E-state index in [0.29, 0.717) is 6.42 Å². The van der Waals surface area contributed by atoms with Gasteiger partial charge >= 0.3 is 5.97 Å². The van der Waals surface area contributed by atoms with Crippen molar-refractivity contribution >= 4 is 5.97 Å². The third kappa shape index (κ3) is 25.5. The van der Waals surface area contributed by atoms with Crippen molar-refractivity contribution in [1.29, 1.82) is 0 Å². The maximum Gasteiger partial charge on any atom is 0.303 e. The van der Waals surface area contributed by atoms with E-state index in [1.54, 1.807) is 0 Å². The van der Waals surface area contributed by atoms with Crippen molar-refractivity contribution in [2.75, 3.05) is 0 Å². The van der Waals surface area contributed by atoms with Crippen LogP contribution < -0.4 is 0 Å². The molecule has 1 atom stereocenters. The van der Waals surface area contributed by atoms with E-state index >= 15 is 0 Å². The minimum absolute atomic E-state index is 0.112. The maximum atomic E-state index is 10.4. The van der Waals surface area contributed by atoms with Gasteiger partial charge in [0.05, 0.1) is 6.10 Å². The van der Waals surface area contributed by atoms with Gasteiger partial charge in [-0.25, -0.2) is 0 Å². The molecule has 0 amide bonds. The summed E-state index contributed by atoms with van der Waals surface area (Å²) in [6.07, 6.45) is 29.3. The molecule has 2 N–H and O–H groups in total. The van der Waals surface area contributed by atoms with Gasteiger partial charge in [0.15, 0.2) is 0 Å². The average Bonchev–Trinajstić information content (AvgIpc) is 2.72. The van der Waals surface area contributed by atoms with E-state index in [9.17, 15) is 9.90 Å². The van der Waals surface area contributed by atoms with Crippen molar-refractivity contribution in [3.8, 4) is 0 Å². The quantitative estimate of drug-likeness (QED) is 0.143. The zero-order valence-electron chi connectivity index (χ0n) is 20.4. The molecule has 0 heterocycles. The molecule has 0 radical (unpaired) electrons. The van der Waals surface area contributed by atoms with Crippen LogP contribution >= 0.6 is 0 Å². The van der Waals surface area contributed by atoms with Crippen LogP contribution in [0.3, 0.4) is 0 Å². The number of aliphatic hydroxyl groups excluding tert-OH is 1. The smallest absolute Gasteiger partial charge is 0.303 e. The molecule has 0 rings (SSSR count). The molecule has 180 valence electrons. The Morgan fingerprint density at radius 3 is 1.17 bits per heavy atom. The Bertz CT molecular complexity index is 343. The van der Waals surface area contributed by atoms with Crippen molar-refractivity contribution < 1.29 is 15.0 Å². The van der Waals surface area contributed by atoms with Crippen LogP contribution in [-0.4, -0.2) is 22.3 Å². The number of rotatable bonds is 25. The third-order valence-electron chi connectivity index (χ3n) is 6.32. The monoisotopic (exact) mass is 426 g/mol. The van der Waals surface area contributed by atoms with Crippen LogP contribution in [0.5, 0.6) is 0 Å². The molecule has 3 nitrogen and oxygen atoms in total. The number of aliphatic hydroxyl groups is 1.